The van der Waals surface area contributed by atoms with Gasteiger partial charge in [0.1, 0.15) is 11.6 Å². The smallest absolute Gasteiger partial charge is 0.248 e. The molecule has 1 N–H and O–H groups in total. The molecule has 3 aliphatic rings. The summed E-state index contributed by atoms with van der Waals surface area (Å²) in [7, 11) is 0. The molecule has 8 nitrogen and oxygen atoms in total. The lowest BCUT2D eigenvalue weighted by Gasteiger charge is -2.38. The van der Waals surface area contributed by atoms with Crippen molar-refractivity contribution in [2.45, 2.75) is 83.1 Å². The average Bonchev–Trinajstić information content (AvgIpc) is 3.41. The highest BCUT2D eigenvalue weighted by Crippen LogP contribution is 2.63. The molecule has 0 aliphatic carbocycles. The van der Waals surface area contributed by atoms with Crippen LogP contribution in [0.5, 0.6) is 0 Å². The van der Waals surface area contributed by atoms with Crippen molar-refractivity contribution in [3.05, 3.63) is 25.3 Å². The molecular weight excluding hydrogens is 446 g/mol. The van der Waals surface area contributed by atoms with Crippen LogP contribution in [0.1, 0.15) is 59.8 Å². The van der Waals surface area contributed by atoms with E-state index in [1.165, 1.54) is 4.90 Å². The van der Waals surface area contributed by atoms with E-state index in [0.29, 0.717) is 39.0 Å². The second-order valence-corrected chi connectivity index (χ2v) is 10.5. The van der Waals surface area contributed by atoms with Gasteiger partial charge in [0.25, 0.3) is 0 Å². The van der Waals surface area contributed by atoms with Crippen LogP contribution in [-0.4, -0.2) is 93.6 Å². The predicted molar refractivity (Wildman–Crippen MR) is 134 cm³/mol. The quantitative estimate of drug-likeness (QED) is 0.401. The molecule has 0 aromatic heterocycles. The van der Waals surface area contributed by atoms with Crippen LogP contribution in [0.3, 0.4) is 0 Å². The van der Waals surface area contributed by atoms with Crippen LogP contribution >= 0.6 is 0 Å². The van der Waals surface area contributed by atoms with Crippen LogP contribution in [0.4, 0.5) is 0 Å². The van der Waals surface area contributed by atoms with E-state index in [2.05, 4.69) is 20.1 Å². The molecule has 0 aromatic rings. The molecule has 2 bridgehead atoms. The van der Waals surface area contributed by atoms with Gasteiger partial charge in [-0.2, -0.15) is 0 Å². The van der Waals surface area contributed by atoms with Crippen molar-refractivity contribution in [3.8, 4) is 0 Å². The highest BCUT2D eigenvalue weighted by atomic mass is 16.5. The number of nitrogens with zero attached hydrogens (tertiary/aromatic N) is 3. The number of carbonyl (C=O) groups excluding carboxylic acids is 3. The van der Waals surface area contributed by atoms with Crippen molar-refractivity contribution in [3.63, 3.8) is 0 Å². The van der Waals surface area contributed by atoms with Crippen molar-refractivity contribution in [1.29, 1.82) is 0 Å². The molecule has 6 atom stereocenters. The maximum absolute atomic E-state index is 14.1. The van der Waals surface area contributed by atoms with E-state index < -0.39 is 35.1 Å². The molecule has 0 aromatic carbocycles. The summed E-state index contributed by atoms with van der Waals surface area (Å²) in [5.74, 6) is -2.01. The number of aliphatic hydroxyl groups is 1. The van der Waals surface area contributed by atoms with Gasteiger partial charge in [-0.25, -0.2) is 0 Å². The Morgan fingerprint density at radius 3 is 2.31 bits per heavy atom. The number of hydrogen-bond donors (Lipinski definition) is 1. The number of hydrogen-bond acceptors (Lipinski definition) is 5. The summed E-state index contributed by atoms with van der Waals surface area (Å²) in [5.41, 5.74) is -1.89. The highest BCUT2D eigenvalue weighted by Gasteiger charge is 2.78. The van der Waals surface area contributed by atoms with Gasteiger partial charge >= 0.3 is 0 Å². The van der Waals surface area contributed by atoms with Gasteiger partial charge in [-0.3, -0.25) is 14.4 Å². The maximum atomic E-state index is 14.1. The average molecular weight is 490 g/mol. The Morgan fingerprint density at radius 1 is 1.14 bits per heavy atom. The Morgan fingerprint density at radius 2 is 1.77 bits per heavy atom. The molecule has 3 saturated heterocycles. The van der Waals surface area contributed by atoms with E-state index in [9.17, 15) is 19.5 Å². The number of carbonyl (C=O) groups is 3. The lowest BCUT2D eigenvalue weighted by molar-refractivity contribution is -0.156. The monoisotopic (exact) mass is 489 g/mol. The van der Waals surface area contributed by atoms with E-state index in [-0.39, 0.29) is 24.3 Å². The van der Waals surface area contributed by atoms with Crippen molar-refractivity contribution in [1.82, 2.24) is 14.7 Å². The first-order chi connectivity index (χ1) is 16.7. The van der Waals surface area contributed by atoms with E-state index in [4.69, 9.17) is 4.74 Å². The van der Waals surface area contributed by atoms with Crippen molar-refractivity contribution in [2.75, 3.05) is 32.8 Å². The summed E-state index contributed by atoms with van der Waals surface area (Å²) in [4.78, 5) is 47.0. The van der Waals surface area contributed by atoms with Gasteiger partial charge in [-0.1, -0.05) is 32.4 Å². The fraction of sp³-hybridized carbons (Fsp3) is 0.741. The lowest BCUT2D eigenvalue weighted by Crippen LogP contribution is -2.58. The van der Waals surface area contributed by atoms with Gasteiger partial charge in [0, 0.05) is 26.2 Å². The highest BCUT2D eigenvalue weighted by molar-refractivity contribution is 5.99. The maximum Gasteiger partial charge on any atom is 0.248 e. The topological polar surface area (TPSA) is 90.4 Å². The summed E-state index contributed by atoms with van der Waals surface area (Å²) < 4.78 is 6.68. The molecule has 3 aliphatic heterocycles. The zero-order chi connectivity index (χ0) is 26.0. The molecule has 3 fully saturated rings. The second kappa shape index (κ2) is 10.8. The van der Waals surface area contributed by atoms with Gasteiger partial charge in [-0.05, 0) is 39.5 Å². The van der Waals surface area contributed by atoms with E-state index in [0.717, 1.165) is 19.3 Å². The minimum Gasteiger partial charge on any atom is -0.394 e. The van der Waals surface area contributed by atoms with Crippen LogP contribution in [-0.2, 0) is 19.1 Å². The van der Waals surface area contributed by atoms with Gasteiger partial charge < -0.3 is 24.5 Å². The third-order valence-corrected chi connectivity index (χ3v) is 8.05. The van der Waals surface area contributed by atoms with E-state index in [1.807, 2.05) is 13.8 Å². The SMILES string of the molecule is C=CCN(CCCC)C(=O)C1N([C@H](C)CO)C(=O)[C@@H]2[C@@H](C(=O)N(CC=C)CCC)[C@@]3(C)CCC12O3. The zero-order valence-electron chi connectivity index (χ0n) is 21.9. The molecule has 196 valence electrons. The third-order valence-electron chi connectivity index (χ3n) is 8.05. The predicted octanol–water partition coefficient (Wildman–Crippen LogP) is 2.37. The number of unbranched alkanes of at least 4 members (excludes halogenated alkanes) is 1. The number of fused-ring (bicyclic) bond motifs is 1. The first kappa shape index (κ1) is 27.4. The Bertz CT molecular complexity index is 847. The number of aliphatic hydroxyl groups excluding tert-OH is 1. The molecule has 2 unspecified atom stereocenters. The van der Waals surface area contributed by atoms with Gasteiger partial charge in [0.15, 0.2) is 0 Å². The van der Waals surface area contributed by atoms with Crippen molar-refractivity contribution >= 4 is 17.7 Å². The minimum atomic E-state index is -1.08. The minimum absolute atomic E-state index is 0.118. The Hall–Kier alpha value is -2.19. The number of amides is 3. The van der Waals surface area contributed by atoms with E-state index in [1.54, 1.807) is 28.9 Å². The van der Waals surface area contributed by atoms with Gasteiger partial charge in [0.2, 0.25) is 17.7 Å². The molecule has 0 saturated carbocycles. The van der Waals surface area contributed by atoms with Crippen LogP contribution in [0.15, 0.2) is 25.3 Å². The summed E-state index contributed by atoms with van der Waals surface area (Å²) in [6.07, 6.45) is 7.07. The van der Waals surface area contributed by atoms with Crippen LogP contribution < -0.4 is 0 Å². The van der Waals surface area contributed by atoms with Crippen molar-refractivity contribution < 1.29 is 24.2 Å². The molecule has 8 heteroatoms. The molecule has 3 amide bonds. The lowest BCUT2D eigenvalue weighted by atomic mass is 9.66. The van der Waals surface area contributed by atoms with Gasteiger partial charge in [-0.15, -0.1) is 13.2 Å². The van der Waals surface area contributed by atoms with Crippen LogP contribution in [0.2, 0.25) is 0 Å². The Balaban J connectivity index is 2.08. The summed E-state index contributed by atoms with van der Waals surface area (Å²) >= 11 is 0. The van der Waals surface area contributed by atoms with Gasteiger partial charge in [0.05, 0.1) is 30.1 Å². The van der Waals surface area contributed by atoms with Crippen LogP contribution in [0, 0.1) is 11.8 Å². The summed E-state index contributed by atoms with van der Waals surface area (Å²) in [6, 6.07) is -1.45. The van der Waals surface area contributed by atoms with Crippen molar-refractivity contribution in [2.24, 2.45) is 11.8 Å². The zero-order valence-corrected chi connectivity index (χ0v) is 21.9. The summed E-state index contributed by atoms with van der Waals surface area (Å²) in [5, 5.41) is 10.0. The van der Waals surface area contributed by atoms with E-state index >= 15 is 0 Å². The Kier molecular flexibility index (Phi) is 8.48. The molecule has 3 heterocycles. The largest absolute Gasteiger partial charge is 0.394 e. The fourth-order valence-electron chi connectivity index (χ4n) is 6.46. The standard InChI is InChI=1S/C27H43N3O5/c1-7-11-17-29(16-10-4)25(34)22-27-13-12-26(6,35-27)20(23(32)28(14-8-2)15-9-3)21(27)24(33)30(22)19(5)18-31/h8,10,19-22,31H,2,4,7,9,11-18H2,1,3,5-6H3/t19-,20+,21+,22?,26-,27?/m1/s1. The first-order valence-corrected chi connectivity index (χ1v) is 13.1. The number of rotatable bonds is 13. The second-order valence-electron chi connectivity index (χ2n) is 10.5. The Labute approximate surface area is 210 Å². The first-order valence-electron chi connectivity index (χ1n) is 13.1. The number of likely N-dealkylation sites (tertiary alicyclic amines) is 1. The molecular formula is C27H43N3O5. The summed E-state index contributed by atoms with van der Waals surface area (Å²) in [6.45, 7) is 16.9. The fourth-order valence-corrected chi connectivity index (χ4v) is 6.46. The molecule has 0 radical (unpaired) electrons. The van der Waals surface area contributed by atoms with Crippen LogP contribution in [0.25, 0.3) is 0 Å². The number of ether oxygens (including phenoxy) is 1. The molecule has 3 rings (SSSR count). The third kappa shape index (κ3) is 4.44. The molecule has 35 heavy (non-hydrogen) atoms. The normalized spacial score (nSPS) is 31.9. The molecule has 1 spiro atoms.